The molecule has 0 bridgehead atoms. The molecule has 5 rings (SSSR count). The average Bonchev–Trinajstić information content (AvgIpc) is 2.98. The van der Waals surface area contributed by atoms with Gasteiger partial charge in [-0.2, -0.15) is 0 Å². The first-order valence-electron chi connectivity index (χ1n) is 11.3. The van der Waals surface area contributed by atoms with Gasteiger partial charge in [-0.25, -0.2) is 8.42 Å². The van der Waals surface area contributed by atoms with Gasteiger partial charge >= 0.3 is 0 Å². The fraction of sp³-hybridized carbons (Fsp3) is 0.259. The largest absolute Gasteiger partial charge is 0.345 e. The third-order valence-electron chi connectivity index (χ3n) is 6.53. The van der Waals surface area contributed by atoms with Crippen LogP contribution < -0.4 is 0 Å². The van der Waals surface area contributed by atoms with E-state index in [0.717, 1.165) is 49.9 Å². The molecule has 4 nitrogen and oxygen atoms in total. The van der Waals surface area contributed by atoms with Crippen molar-refractivity contribution in [2.75, 3.05) is 13.1 Å². The Balaban J connectivity index is 1.52. The first-order valence-corrected chi connectivity index (χ1v) is 12.8. The SMILES string of the molecule is CCn1c2c(c3cc(S(=O)(=O)c4ccccc4)ccc31)CCN(Cc1ccccc1)CC2. The minimum absolute atomic E-state index is 0.342. The van der Waals surface area contributed by atoms with E-state index in [-0.39, 0.29) is 0 Å². The minimum Gasteiger partial charge on any atom is -0.345 e. The lowest BCUT2D eigenvalue weighted by atomic mass is 10.1. The van der Waals surface area contributed by atoms with Crippen LogP contribution >= 0.6 is 0 Å². The molecule has 4 aromatic rings. The van der Waals surface area contributed by atoms with E-state index in [4.69, 9.17) is 0 Å². The first kappa shape index (κ1) is 21.0. The Labute approximate surface area is 190 Å². The van der Waals surface area contributed by atoms with Crippen LogP contribution in [0.3, 0.4) is 0 Å². The number of hydrogen-bond acceptors (Lipinski definition) is 3. The maximum atomic E-state index is 13.2. The standard InChI is InChI=1S/C27H28N2O2S/c1-2-29-26-14-13-23(32(30,31)22-11-7-4-8-12-22)19-25(26)24-15-17-28(18-16-27(24)29)20-21-9-5-3-6-10-21/h3-14,19H,2,15-18,20H2,1H3. The Bertz CT molecular complexity index is 1340. The predicted molar refractivity (Wildman–Crippen MR) is 129 cm³/mol. The van der Waals surface area contributed by atoms with Crippen molar-refractivity contribution >= 4 is 20.7 Å². The maximum absolute atomic E-state index is 13.2. The van der Waals surface area contributed by atoms with Gasteiger partial charge in [0.1, 0.15) is 0 Å². The van der Waals surface area contributed by atoms with Crippen LogP contribution in [0, 0.1) is 0 Å². The highest BCUT2D eigenvalue weighted by atomic mass is 32.2. The lowest BCUT2D eigenvalue weighted by Crippen LogP contribution is -2.26. The molecule has 32 heavy (non-hydrogen) atoms. The Hall–Kier alpha value is -2.89. The Morgan fingerprint density at radius 3 is 2.22 bits per heavy atom. The molecule has 0 aliphatic carbocycles. The van der Waals surface area contributed by atoms with Crippen molar-refractivity contribution in [1.82, 2.24) is 9.47 Å². The average molecular weight is 445 g/mol. The molecule has 0 saturated heterocycles. The molecule has 1 aliphatic heterocycles. The third kappa shape index (κ3) is 3.76. The summed E-state index contributed by atoms with van der Waals surface area (Å²) in [5.41, 5.74) is 5.13. The summed E-state index contributed by atoms with van der Waals surface area (Å²) in [7, 11) is -3.53. The zero-order chi connectivity index (χ0) is 22.1. The minimum atomic E-state index is -3.53. The molecule has 0 radical (unpaired) electrons. The summed E-state index contributed by atoms with van der Waals surface area (Å²) < 4.78 is 28.8. The normalized spacial score (nSPS) is 14.9. The molecule has 0 fully saturated rings. The van der Waals surface area contributed by atoms with Crippen molar-refractivity contribution in [2.45, 2.75) is 42.6 Å². The van der Waals surface area contributed by atoms with Crippen molar-refractivity contribution in [3.63, 3.8) is 0 Å². The molecule has 0 N–H and O–H groups in total. The Kier molecular flexibility index (Phi) is 5.62. The number of hydrogen-bond donors (Lipinski definition) is 0. The van der Waals surface area contributed by atoms with Crippen LogP contribution in [0.5, 0.6) is 0 Å². The molecule has 3 aromatic carbocycles. The van der Waals surface area contributed by atoms with Crippen LogP contribution in [0.2, 0.25) is 0 Å². The second-order valence-electron chi connectivity index (χ2n) is 8.43. The van der Waals surface area contributed by atoms with Gasteiger partial charge < -0.3 is 4.57 Å². The van der Waals surface area contributed by atoms with E-state index in [0.29, 0.717) is 9.79 Å². The van der Waals surface area contributed by atoms with Gasteiger partial charge in [-0.15, -0.1) is 0 Å². The molecule has 0 amide bonds. The van der Waals surface area contributed by atoms with Gasteiger partial charge in [0.15, 0.2) is 0 Å². The molecule has 0 unspecified atom stereocenters. The smallest absolute Gasteiger partial charge is 0.206 e. The zero-order valence-corrected chi connectivity index (χ0v) is 19.2. The van der Waals surface area contributed by atoms with Crippen molar-refractivity contribution in [2.24, 2.45) is 0 Å². The topological polar surface area (TPSA) is 42.3 Å². The van der Waals surface area contributed by atoms with E-state index >= 15 is 0 Å². The molecule has 1 aliphatic rings. The van der Waals surface area contributed by atoms with Crippen LogP contribution in [0.25, 0.3) is 10.9 Å². The molecular formula is C27H28N2O2S. The lowest BCUT2D eigenvalue weighted by molar-refractivity contribution is 0.278. The van der Waals surface area contributed by atoms with Crippen molar-refractivity contribution < 1.29 is 8.42 Å². The zero-order valence-electron chi connectivity index (χ0n) is 18.4. The van der Waals surface area contributed by atoms with Gasteiger partial charge in [-0.3, -0.25) is 4.90 Å². The summed E-state index contributed by atoms with van der Waals surface area (Å²) >= 11 is 0. The highest BCUT2D eigenvalue weighted by Gasteiger charge is 2.24. The van der Waals surface area contributed by atoms with Gasteiger partial charge in [-0.05, 0) is 54.8 Å². The highest BCUT2D eigenvalue weighted by molar-refractivity contribution is 7.91. The molecule has 0 atom stereocenters. The third-order valence-corrected chi connectivity index (χ3v) is 8.30. The van der Waals surface area contributed by atoms with E-state index < -0.39 is 9.84 Å². The summed E-state index contributed by atoms with van der Waals surface area (Å²) in [4.78, 5) is 3.22. The number of aromatic nitrogens is 1. The quantitative estimate of drug-likeness (QED) is 0.430. The van der Waals surface area contributed by atoms with Crippen LogP contribution in [-0.2, 0) is 35.8 Å². The Morgan fingerprint density at radius 2 is 1.50 bits per heavy atom. The van der Waals surface area contributed by atoms with Gasteiger partial charge in [-0.1, -0.05) is 48.5 Å². The number of rotatable bonds is 5. The van der Waals surface area contributed by atoms with Gasteiger partial charge in [0.25, 0.3) is 0 Å². The molecular weight excluding hydrogens is 416 g/mol. The number of nitrogens with zero attached hydrogens (tertiary/aromatic N) is 2. The Morgan fingerprint density at radius 1 is 0.812 bits per heavy atom. The first-order chi connectivity index (χ1) is 15.6. The number of benzene rings is 3. The predicted octanol–water partition coefficient (Wildman–Crippen LogP) is 5.09. The second-order valence-corrected chi connectivity index (χ2v) is 10.4. The van der Waals surface area contributed by atoms with E-state index in [9.17, 15) is 8.42 Å². The molecule has 1 aromatic heterocycles. The number of aryl methyl sites for hydroxylation is 1. The van der Waals surface area contributed by atoms with Crippen molar-refractivity contribution in [1.29, 1.82) is 0 Å². The molecule has 2 heterocycles. The number of sulfone groups is 1. The van der Waals surface area contributed by atoms with E-state index in [2.05, 4.69) is 46.7 Å². The number of fused-ring (bicyclic) bond motifs is 3. The van der Waals surface area contributed by atoms with Crippen LogP contribution in [0.4, 0.5) is 0 Å². The summed E-state index contributed by atoms with van der Waals surface area (Å²) in [5.74, 6) is 0. The van der Waals surface area contributed by atoms with Crippen LogP contribution in [0.1, 0.15) is 23.7 Å². The fourth-order valence-corrected chi connectivity index (χ4v) is 6.24. The molecule has 0 spiro atoms. The maximum Gasteiger partial charge on any atom is 0.206 e. The fourth-order valence-electron chi connectivity index (χ4n) is 4.93. The van der Waals surface area contributed by atoms with Crippen molar-refractivity contribution in [3.8, 4) is 0 Å². The van der Waals surface area contributed by atoms with E-state index in [1.165, 1.54) is 16.8 Å². The highest BCUT2D eigenvalue weighted by Crippen LogP contribution is 2.33. The van der Waals surface area contributed by atoms with E-state index in [1.807, 2.05) is 18.2 Å². The van der Waals surface area contributed by atoms with Crippen molar-refractivity contribution in [3.05, 3.63) is 95.7 Å². The molecule has 5 heteroatoms. The lowest BCUT2D eigenvalue weighted by Gasteiger charge is -2.20. The van der Waals surface area contributed by atoms with E-state index in [1.54, 1.807) is 30.3 Å². The monoisotopic (exact) mass is 444 g/mol. The molecule has 164 valence electrons. The summed E-state index contributed by atoms with van der Waals surface area (Å²) in [6.45, 7) is 5.98. The summed E-state index contributed by atoms with van der Waals surface area (Å²) in [5, 5.41) is 1.08. The second kappa shape index (κ2) is 8.57. The van der Waals surface area contributed by atoms with Gasteiger partial charge in [0.2, 0.25) is 9.84 Å². The van der Waals surface area contributed by atoms with Crippen LogP contribution in [0.15, 0.2) is 88.7 Å². The molecule has 0 saturated carbocycles. The summed E-state index contributed by atoms with van der Waals surface area (Å²) in [6, 6.07) is 25.0. The van der Waals surface area contributed by atoms with Gasteiger partial charge in [0, 0.05) is 49.2 Å². The summed E-state index contributed by atoms with van der Waals surface area (Å²) in [6.07, 6.45) is 1.91. The van der Waals surface area contributed by atoms with Gasteiger partial charge in [0.05, 0.1) is 9.79 Å². The van der Waals surface area contributed by atoms with Crippen LogP contribution in [-0.4, -0.2) is 31.0 Å².